The van der Waals surface area contributed by atoms with Gasteiger partial charge in [-0.05, 0) is 49.2 Å². The number of benzene rings is 2. The highest BCUT2D eigenvalue weighted by atomic mass is 35.5. The molecular formula is C24H26ClF2N3O2. The summed E-state index contributed by atoms with van der Waals surface area (Å²) in [5.41, 5.74) is 0.953. The van der Waals surface area contributed by atoms with Crippen LogP contribution >= 0.6 is 11.6 Å². The van der Waals surface area contributed by atoms with E-state index in [-0.39, 0.29) is 29.4 Å². The molecule has 2 saturated heterocycles. The number of likely N-dealkylation sites (tertiary alicyclic amines) is 1. The molecule has 0 radical (unpaired) electrons. The third-order valence-electron chi connectivity index (χ3n) is 6.35. The lowest BCUT2D eigenvalue weighted by Gasteiger charge is -2.38. The Morgan fingerprint density at radius 3 is 2.16 bits per heavy atom. The fourth-order valence-electron chi connectivity index (χ4n) is 4.40. The fraction of sp³-hybridized carbons (Fsp3) is 0.417. The Hall–Kier alpha value is -2.51. The Labute approximate surface area is 191 Å². The summed E-state index contributed by atoms with van der Waals surface area (Å²) in [6.07, 6.45) is 1.24. The molecule has 0 saturated carbocycles. The first-order chi connectivity index (χ1) is 15.4. The van der Waals surface area contributed by atoms with E-state index in [1.807, 2.05) is 4.90 Å². The van der Waals surface area contributed by atoms with Gasteiger partial charge in [0.2, 0.25) is 5.91 Å². The van der Waals surface area contributed by atoms with Crippen LogP contribution in [-0.2, 0) is 11.3 Å². The number of piperazine rings is 1. The Balaban J connectivity index is 1.25. The van der Waals surface area contributed by atoms with Gasteiger partial charge in [0.1, 0.15) is 11.6 Å². The Bertz CT molecular complexity index is 949. The topological polar surface area (TPSA) is 43.9 Å². The van der Waals surface area contributed by atoms with Gasteiger partial charge < -0.3 is 9.80 Å². The highest BCUT2D eigenvalue weighted by molar-refractivity contribution is 6.31. The minimum absolute atomic E-state index is 0.0974. The molecule has 8 heteroatoms. The summed E-state index contributed by atoms with van der Waals surface area (Å²) in [6, 6.07) is 10.2. The number of carbonyl (C=O) groups excluding carboxylic acids is 2. The van der Waals surface area contributed by atoms with E-state index in [0.29, 0.717) is 74.8 Å². The summed E-state index contributed by atoms with van der Waals surface area (Å²) in [5, 5.41) is 0.422. The van der Waals surface area contributed by atoms with E-state index < -0.39 is 0 Å². The normalized spacial score (nSPS) is 18.1. The van der Waals surface area contributed by atoms with Gasteiger partial charge in [-0.3, -0.25) is 14.5 Å². The number of amides is 2. The highest BCUT2D eigenvalue weighted by Crippen LogP contribution is 2.24. The third kappa shape index (κ3) is 5.10. The average Bonchev–Trinajstić information content (AvgIpc) is 2.82. The van der Waals surface area contributed by atoms with E-state index in [1.54, 1.807) is 17.0 Å². The first-order valence-corrected chi connectivity index (χ1v) is 11.3. The van der Waals surface area contributed by atoms with Crippen molar-refractivity contribution in [3.8, 4) is 0 Å². The van der Waals surface area contributed by atoms with Gasteiger partial charge in [0, 0.05) is 67.9 Å². The Morgan fingerprint density at radius 2 is 1.53 bits per heavy atom. The SMILES string of the molecule is O=C(c1ccc(F)cc1)N1CCC(C(=O)N2CCN(Cc3c(F)cccc3Cl)CC2)CC1. The quantitative estimate of drug-likeness (QED) is 0.695. The van der Waals surface area contributed by atoms with Crippen molar-refractivity contribution in [2.75, 3.05) is 39.3 Å². The van der Waals surface area contributed by atoms with E-state index in [4.69, 9.17) is 11.6 Å². The molecule has 0 N–H and O–H groups in total. The Morgan fingerprint density at radius 1 is 0.875 bits per heavy atom. The molecule has 0 spiro atoms. The monoisotopic (exact) mass is 461 g/mol. The van der Waals surface area contributed by atoms with E-state index in [1.165, 1.54) is 30.3 Å². The van der Waals surface area contributed by atoms with Crippen LogP contribution in [0.3, 0.4) is 0 Å². The number of nitrogens with zero attached hydrogens (tertiary/aromatic N) is 3. The summed E-state index contributed by atoms with van der Waals surface area (Å²) in [6.45, 7) is 3.98. The first kappa shape index (κ1) is 22.7. The molecule has 2 fully saturated rings. The highest BCUT2D eigenvalue weighted by Gasteiger charge is 2.32. The second-order valence-corrected chi connectivity index (χ2v) is 8.78. The van der Waals surface area contributed by atoms with Crippen LogP contribution < -0.4 is 0 Å². The molecule has 2 amide bonds. The fourth-order valence-corrected chi connectivity index (χ4v) is 4.62. The van der Waals surface area contributed by atoms with Gasteiger partial charge in [-0.15, -0.1) is 0 Å². The third-order valence-corrected chi connectivity index (χ3v) is 6.70. The molecular weight excluding hydrogens is 436 g/mol. The minimum Gasteiger partial charge on any atom is -0.340 e. The number of piperidine rings is 1. The second-order valence-electron chi connectivity index (χ2n) is 8.38. The predicted molar refractivity (Wildman–Crippen MR) is 118 cm³/mol. The van der Waals surface area contributed by atoms with Crippen LogP contribution in [0.25, 0.3) is 0 Å². The lowest BCUT2D eigenvalue weighted by Crippen LogP contribution is -2.51. The molecule has 5 nitrogen and oxygen atoms in total. The standard InChI is InChI=1S/C24H26ClF2N3O2/c25-21-2-1-3-22(27)20(21)16-28-12-14-30(15-13-28)24(32)18-8-10-29(11-9-18)23(31)17-4-6-19(26)7-5-17/h1-7,18H,8-16H2. The molecule has 2 aliphatic heterocycles. The largest absolute Gasteiger partial charge is 0.340 e. The molecule has 32 heavy (non-hydrogen) atoms. The van der Waals surface area contributed by atoms with Crippen molar-refractivity contribution < 1.29 is 18.4 Å². The molecule has 2 aromatic rings. The van der Waals surface area contributed by atoms with Crippen LogP contribution in [0.5, 0.6) is 0 Å². The van der Waals surface area contributed by atoms with Crippen molar-refractivity contribution in [3.63, 3.8) is 0 Å². The van der Waals surface area contributed by atoms with E-state index in [9.17, 15) is 18.4 Å². The van der Waals surface area contributed by atoms with E-state index >= 15 is 0 Å². The maximum atomic E-state index is 14.0. The summed E-state index contributed by atoms with van der Waals surface area (Å²) in [7, 11) is 0. The lowest BCUT2D eigenvalue weighted by atomic mass is 9.94. The van der Waals surface area contributed by atoms with Gasteiger partial charge in [-0.2, -0.15) is 0 Å². The number of carbonyl (C=O) groups is 2. The molecule has 0 atom stereocenters. The first-order valence-electron chi connectivity index (χ1n) is 10.9. The van der Waals surface area contributed by atoms with Crippen LogP contribution in [0.1, 0.15) is 28.8 Å². The van der Waals surface area contributed by atoms with Crippen LogP contribution in [0.2, 0.25) is 5.02 Å². The summed E-state index contributed by atoms with van der Waals surface area (Å²) in [4.78, 5) is 31.3. The van der Waals surface area contributed by atoms with Gasteiger partial charge in [-0.1, -0.05) is 17.7 Å². The van der Waals surface area contributed by atoms with Crippen molar-refractivity contribution in [1.29, 1.82) is 0 Å². The van der Waals surface area contributed by atoms with Crippen molar-refractivity contribution in [2.45, 2.75) is 19.4 Å². The van der Waals surface area contributed by atoms with Crippen LogP contribution in [0.4, 0.5) is 8.78 Å². The van der Waals surface area contributed by atoms with Gasteiger partial charge in [0.05, 0.1) is 0 Å². The number of halogens is 3. The van der Waals surface area contributed by atoms with Gasteiger partial charge in [-0.25, -0.2) is 8.78 Å². The molecule has 2 aliphatic rings. The van der Waals surface area contributed by atoms with Gasteiger partial charge in [0.15, 0.2) is 0 Å². The zero-order valence-electron chi connectivity index (χ0n) is 17.8. The zero-order chi connectivity index (χ0) is 22.7. The number of hydrogen-bond donors (Lipinski definition) is 0. The van der Waals surface area contributed by atoms with E-state index in [0.717, 1.165) is 0 Å². The van der Waals surface area contributed by atoms with Crippen molar-refractivity contribution in [1.82, 2.24) is 14.7 Å². The van der Waals surface area contributed by atoms with Gasteiger partial charge in [0.25, 0.3) is 5.91 Å². The van der Waals surface area contributed by atoms with Crippen LogP contribution in [-0.4, -0.2) is 65.8 Å². The van der Waals surface area contributed by atoms with Gasteiger partial charge >= 0.3 is 0 Å². The van der Waals surface area contributed by atoms with E-state index in [2.05, 4.69) is 4.90 Å². The molecule has 4 rings (SSSR count). The number of rotatable bonds is 4. The van der Waals surface area contributed by atoms with Crippen molar-refractivity contribution >= 4 is 23.4 Å². The maximum absolute atomic E-state index is 14.0. The number of hydrogen-bond acceptors (Lipinski definition) is 3. The summed E-state index contributed by atoms with van der Waals surface area (Å²) >= 11 is 6.13. The minimum atomic E-state index is -0.372. The predicted octanol–water partition coefficient (Wildman–Crippen LogP) is 3.81. The molecule has 0 bridgehead atoms. The van der Waals surface area contributed by atoms with Crippen LogP contribution in [0.15, 0.2) is 42.5 Å². The molecule has 170 valence electrons. The average molecular weight is 462 g/mol. The summed E-state index contributed by atoms with van der Waals surface area (Å²) in [5.74, 6) is -0.778. The lowest BCUT2D eigenvalue weighted by molar-refractivity contribution is -0.138. The molecule has 0 aliphatic carbocycles. The molecule has 2 heterocycles. The zero-order valence-corrected chi connectivity index (χ0v) is 18.5. The Kier molecular flexibility index (Phi) is 7.06. The molecule has 2 aromatic carbocycles. The van der Waals surface area contributed by atoms with Crippen molar-refractivity contribution in [3.05, 3.63) is 70.2 Å². The van der Waals surface area contributed by atoms with Crippen LogP contribution in [0, 0.1) is 17.6 Å². The van der Waals surface area contributed by atoms with Crippen molar-refractivity contribution in [2.24, 2.45) is 5.92 Å². The smallest absolute Gasteiger partial charge is 0.253 e. The summed E-state index contributed by atoms with van der Waals surface area (Å²) < 4.78 is 27.1. The molecule has 0 aromatic heterocycles. The molecule has 0 unspecified atom stereocenters. The second kappa shape index (κ2) is 9.96. The maximum Gasteiger partial charge on any atom is 0.253 e.